The lowest BCUT2D eigenvalue weighted by molar-refractivity contribution is 0.932. The molecule has 7 aromatic carbocycles. The van der Waals surface area contributed by atoms with Crippen LogP contribution in [0.25, 0.3) is 88.9 Å². The normalized spacial score (nSPS) is 12.2. The van der Waals surface area contributed by atoms with E-state index in [1.807, 2.05) is 37.3 Å². The summed E-state index contributed by atoms with van der Waals surface area (Å²) in [6.07, 6.45) is 6.06. The Bertz CT molecular complexity index is 3170. The third-order valence-corrected chi connectivity index (χ3v) is 10.8. The molecule has 0 unspecified atom stereocenters. The van der Waals surface area contributed by atoms with Crippen LogP contribution in [0.4, 0.5) is 0 Å². The maximum atomic E-state index is 5.37. The van der Waals surface area contributed by atoms with Gasteiger partial charge in [-0.1, -0.05) is 170 Å². The minimum atomic E-state index is 0.540. The van der Waals surface area contributed by atoms with E-state index in [2.05, 4.69) is 180 Å². The Morgan fingerprint density at radius 3 is 1.63 bits per heavy atom. The Balaban J connectivity index is 1.29. The smallest absolute Gasteiger partial charge is 0.238 e. The molecule has 0 radical (unpaired) electrons. The zero-order chi connectivity index (χ0) is 38.3. The lowest BCUT2D eigenvalue weighted by atomic mass is 10.0. The van der Waals surface area contributed by atoms with Crippen LogP contribution in [0, 0.1) is 0 Å². The fourth-order valence-corrected chi connectivity index (χ4v) is 8.05. The first-order chi connectivity index (χ1) is 28.2. The Morgan fingerprint density at radius 2 is 1.00 bits per heavy atom. The zero-order valence-electron chi connectivity index (χ0n) is 31.4. The molecule has 3 aromatic heterocycles. The van der Waals surface area contributed by atoms with Crippen LogP contribution < -0.4 is 0 Å². The van der Waals surface area contributed by atoms with Crippen LogP contribution in [0.2, 0.25) is 0 Å². The van der Waals surface area contributed by atoms with Gasteiger partial charge in [0, 0.05) is 38.4 Å². The molecule has 3 heterocycles. The van der Waals surface area contributed by atoms with Gasteiger partial charge in [0.2, 0.25) is 5.95 Å². The van der Waals surface area contributed by atoms with Gasteiger partial charge < -0.3 is 4.57 Å². The van der Waals surface area contributed by atoms with Crippen molar-refractivity contribution >= 4 is 54.8 Å². The molecule has 10 rings (SSSR count). The number of benzene rings is 7. The second-order valence-electron chi connectivity index (χ2n) is 14.0. The summed E-state index contributed by atoms with van der Waals surface area (Å²) in [6.45, 7) is 6.19. The highest BCUT2D eigenvalue weighted by Crippen LogP contribution is 2.41. The summed E-state index contributed by atoms with van der Waals surface area (Å²) in [5.41, 5.74) is 11.5. The van der Waals surface area contributed by atoms with Crippen LogP contribution in [-0.4, -0.2) is 24.1 Å². The highest BCUT2D eigenvalue weighted by Gasteiger charge is 2.23. The SMILES string of the molecule is C=C/C(=C\C(=C/C)c1nc(-c2ccc(-c3ccccc3)cc2)nc(-n2c3ccccc3c3ccc4c5ccccc5n(-c5ccccc5)c4c32)n1)c1ccccc1. The largest absolute Gasteiger partial charge is 0.307 e. The molecule has 0 aliphatic heterocycles. The lowest BCUT2D eigenvalue weighted by Gasteiger charge is -2.14. The van der Waals surface area contributed by atoms with Crippen molar-refractivity contribution in [2.24, 2.45) is 0 Å². The molecular weight excluding hydrogens is 695 g/mol. The number of para-hydroxylation sites is 3. The van der Waals surface area contributed by atoms with E-state index in [0.29, 0.717) is 17.6 Å². The predicted molar refractivity (Wildman–Crippen MR) is 238 cm³/mol. The fraction of sp³-hybridized carbons (Fsp3) is 0.0192. The standard InChI is InChI=1S/C52H37N5/c1-3-35(37-18-8-5-9-19-37)34-36(4-2)50-53-51(40-30-28-39(29-31-40)38-20-10-6-11-21-38)55-52(54-50)57-47-27-17-15-25-43(47)45-33-32-44-42-24-14-16-26-46(42)56(48(44)49(45)57)41-22-12-7-13-23-41/h3-34H,1H2,2H3/b35-34+,36-4+. The summed E-state index contributed by atoms with van der Waals surface area (Å²) < 4.78 is 4.62. The van der Waals surface area contributed by atoms with Crippen molar-refractivity contribution in [1.29, 1.82) is 0 Å². The summed E-state index contributed by atoms with van der Waals surface area (Å²) in [5.74, 6) is 1.70. The van der Waals surface area contributed by atoms with Crippen LogP contribution in [0.1, 0.15) is 18.3 Å². The minimum Gasteiger partial charge on any atom is -0.307 e. The molecular formula is C52H37N5. The average Bonchev–Trinajstić information content (AvgIpc) is 3.81. The van der Waals surface area contributed by atoms with E-state index in [9.17, 15) is 0 Å². The molecule has 0 spiro atoms. The van der Waals surface area contributed by atoms with Gasteiger partial charge in [0.15, 0.2) is 11.6 Å². The van der Waals surface area contributed by atoms with E-state index in [4.69, 9.17) is 15.0 Å². The summed E-state index contributed by atoms with van der Waals surface area (Å²) >= 11 is 0. The Morgan fingerprint density at radius 1 is 0.474 bits per heavy atom. The number of aromatic nitrogens is 5. The number of nitrogens with zero attached hydrogens (tertiary/aromatic N) is 5. The minimum absolute atomic E-state index is 0.540. The van der Waals surface area contributed by atoms with E-state index in [0.717, 1.165) is 77.3 Å². The molecule has 0 aliphatic carbocycles. The molecule has 270 valence electrons. The quantitative estimate of drug-likeness (QED) is 0.146. The van der Waals surface area contributed by atoms with Gasteiger partial charge in [0.1, 0.15) is 0 Å². The highest BCUT2D eigenvalue weighted by molar-refractivity contribution is 6.23. The maximum absolute atomic E-state index is 5.37. The van der Waals surface area contributed by atoms with E-state index >= 15 is 0 Å². The monoisotopic (exact) mass is 731 g/mol. The van der Waals surface area contributed by atoms with Crippen molar-refractivity contribution in [2.45, 2.75) is 6.92 Å². The van der Waals surface area contributed by atoms with Crippen molar-refractivity contribution < 1.29 is 0 Å². The molecule has 0 atom stereocenters. The van der Waals surface area contributed by atoms with Gasteiger partial charge in [-0.15, -0.1) is 0 Å². The highest BCUT2D eigenvalue weighted by atomic mass is 15.2. The fourth-order valence-electron chi connectivity index (χ4n) is 8.05. The van der Waals surface area contributed by atoms with Crippen LogP contribution >= 0.6 is 0 Å². The molecule has 0 saturated heterocycles. The first-order valence-electron chi connectivity index (χ1n) is 19.2. The van der Waals surface area contributed by atoms with Crippen LogP contribution in [0.5, 0.6) is 0 Å². The number of fused-ring (bicyclic) bond motifs is 7. The number of hydrogen-bond donors (Lipinski definition) is 0. The summed E-state index contributed by atoms with van der Waals surface area (Å²) in [4.78, 5) is 15.9. The molecule has 0 N–H and O–H groups in total. The number of hydrogen-bond acceptors (Lipinski definition) is 3. The van der Waals surface area contributed by atoms with Crippen molar-refractivity contribution in [2.75, 3.05) is 0 Å². The van der Waals surface area contributed by atoms with Gasteiger partial charge >= 0.3 is 0 Å². The van der Waals surface area contributed by atoms with Gasteiger partial charge in [-0.3, -0.25) is 4.57 Å². The predicted octanol–water partition coefficient (Wildman–Crippen LogP) is 13.1. The van der Waals surface area contributed by atoms with Crippen LogP contribution in [0.3, 0.4) is 0 Å². The first-order valence-corrected chi connectivity index (χ1v) is 19.2. The average molecular weight is 732 g/mol. The molecule has 0 fully saturated rings. The van der Waals surface area contributed by atoms with Gasteiger partial charge in [-0.05, 0) is 59.5 Å². The number of rotatable bonds is 8. The summed E-state index contributed by atoms with van der Waals surface area (Å²) in [6, 6.07) is 61.5. The lowest BCUT2D eigenvalue weighted by Crippen LogP contribution is -2.08. The van der Waals surface area contributed by atoms with Gasteiger partial charge in [-0.25, -0.2) is 4.98 Å². The molecule has 5 nitrogen and oxygen atoms in total. The van der Waals surface area contributed by atoms with Gasteiger partial charge in [-0.2, -0.15) is 9.97 Å². The molecule has 0 bridgehead atoms. The van der Waals surface area contributed by atoms with E-state index in [1.54, 1.807) is 0 Å². The molecule has 57 heavy (non-hydrogen) atoms. The molecule has 0 amide bonds. The third-order valence-electron chi connectivity index (χ3n) is 10.8. The van der Waals surface area contributed by atoms with Crippen molar-refractivity contribution in [3.8, 4) is 34.2 Å². The Labute approximate surface area is 330 Å². The second kappa shape index (κ2) is 14.2. The first kappa shape index (κ1) is 33.9. The summed E-state index contributed by atoms with van der Waals surface area (Å²) in [5, 5.41) is 4.59. The molecule has 0 saturated carbocycles. The topological polar surface area (TPSA) is 48.5 Å². The van der Waals surface area contributed by atoms with Crippen molar-refractivity contribution in [3.63, 3.8) is 0 Å². The van der Waals surface area contributed by atoms with E-state index < -0.39 is 0 Å². The molecule has 5 heteroatoms. The second-order valence-corrected chi connectivity index (χ2v) is 14.0. The van der Waals surface area contributed by atoms with Crippen molar-refractivity contribution in [1.82, 2.24) is 24.1 Å². The molecule has 0 aliphatic rings. The number of allylic oxidation sites excluding steroid dienone is 5. The Kier molecular flexibility index (Phi) is 8.46. The third kappa shape index (κ3) is 5.85. The van der Waals surface area contributed by atoms with E-state index in [-0.39, 0.29) is 0 Å². The van der Waals surface area contributed by atoms with Gasteiger partial charge in [0.05, 0.1) is 22.1 Å². The van der Waals surface area contributed by atoms with Crippen molar-refractivity contribution in [3.05, 3.63) is 212 Å². The van der Waals surface area contributed by atoms with Crippen LogP contribution in [0.15, 0.2) is 201 Å². The molecule has 10 aromatic rings. The van der Waals surface area contributed by atoms with Crippen LogP contribution in [-0.2, 0) is 0 Å². The zero-order valence-corrected chi connectivity index (χ0v) is 31.4. The summed E-state index contributed by atoms with van der Waals surface area (Å²) in [7, 11) is 0. The maximum Gasteiger partial charge on any atom is 0.238 e. The van der Waals surface area contributed by atoms with E-state index in [1.165, 1.54) is 5.39 Å². The Hall–Kier alpha value is -7.63. The van der Waals surface area contributed by atoms with Gasteiger partial charge in [0.25, 0.3) is 0 Å².